The van der Waals surface area contributed by atoms with Crippen LogP contribution < -0.4 is 0 Å². The number of rotatable bonds is 7. The number of unbranched alkanes of at least 4 members (excludes halogenated alkanes) is 2. The largest absolute Gasteiger partial charge is 0.478 e. The highest BCUT2D eigenvalue weighted by atomic mass is 16.4. The highest BCUT2D eigenvalue weighted by Gasteiger charge is 2.24. The van der Waals surface area contributed by atoms with Gasteiger partial charge in [-0.2, -0.15) is 0 Å². The maximum atomic E-state index is 11.2. The summed E-state index contributed by atoms with van der Waals surface area (Å²) in [7, 11) is 0. The van der Waals surface area contributed by atoms with Crippen LogP contribution in [0.15, 0.2) is 11.1 Å². The van der Waals surface area contributed by atoms with Crippen molar-refractivity contribution >= 4 is 11.9 Å². The average Bonchev–Trinajstić information content (AvgIpc) is 2.19. The van der Waals surface area contributed by atoms with E-state index >= 15 is 0 Å². The zero-order valence-electron chi connectivity index (χ0n) is 11.7. The van der Waals surface area contributed by atoms with E-state index in [9.17, 15) is 14.7 Å². The van der Waals surface area contributed by atoms with Crippen LogP contribution in [-0.2, 0) is 9.59 Å². The van der Waals surface area contributed by atoms with Crippen molar-refractivity contribution < 1.29 is 19.8 Å². The minimum absolute atomic E-state index is 0.0473. The molecular formula is C14H24O4. The molecule has 18 heavy (non-hydrogen) atoms. The van der Waals surface area contributed by atoms with Gasteiger partial charge in [0.25, 0.3) is 0 Å². The molecule has 0 aromatic rings. The molecule has 0 fully saturated rings. The Kier molecular flexibility index (Phi) is 6.66. The molecule has 0 atom stereocenters. The van der Waals surface area contributed by atoms with Gasteiger partial charge in [0.05, 0.1) is 0 Å². The fourth-order valence-corrected chi connectivity index (χ4v) is 1.78. The molecule has 0 saturated heterocycles. The molecule has 104 valence electrons. The Balaban J connectivity index is 5.17. The monoisotopic (exact) mass is 256 g/mol. The summed E-state index contributed by atoms with van der Waals surface area (Å²) in [5.74, 6) is -2.22. The minimum atomic E-state index is -1.11. The molecule has 4 nitrogen and oxygen atoms in total. The van der Waals surface area contributed by atoms with Gasteiger partial charge < -0.3 is 10.2 Å². The quantitative estimate of drug-likeness (QED) is 0.540. The van der Waals surface area contributed by atoms with Crippen LogP contribution in [-0.4, -0.2) is 22.2 Å². The lowest BCUT2D eigenvalue weighted by Crippen LogP contribution is -2.17. The summed E-state index contributed by atoms with van der Waals surface area (Å²) in [6.07, 6.45) is 3.23. The van der Waals surface area contributed by atoms with Gasteiger partial charge in [-0.15, -0.1) is 0 Å². The number of aliphatic carboxylic acids is 2. The second-order valence-corrected chi connectivity index (χ2v) is 5.76. The molecule has 4 heteroatoms. The molecule has 0 aliphatic rings. The Bertz CT molecular complexity index is 334. The first kappa shape index (κ1) is 16.7. The van der Waals surface area contributed by atoms with Crippen LogP contribution in [0.2, 0.25) is 0 Å². The average molecular weight is 256 g/mol. The van der Waals surface area contributed by atoms with Crippen molar-refractivity contribution in [2.24, 2.45) is 5.41 Å². The van der Waals surface area contributed by atoms with E-state index in [4.69, 9.17) is 5.11 Å². The Hall–Kier alpha value is -1.32. The van der Waals surface area contributed by atoms with Gasteiger partial charge in [-0.25, -0.2) is 9.59 Å². The number of carboxylic acids is 2. The molecule has 0 spiro atoms. The Morgan fingerprint density at radius 1 is 0.944 bits per heavy atom. The first-order valence-corrected chi connectivity index (χ1v) is 6.37. The van der Waals surface area contributed by atoms with Gasteiger partial charge in [0.2, 0.25) is 0 Å². The van der Waals surface area contributed by atoms with Crippen LogP contribution in [0.1, 0.15) is 59.8 Å². The van der Waals surface area contributed by atoms with Crippen molar-refractivity contribution in [1.29, 1.82) is 0 Å². The molecule has 0 amide bonds. The van der Waals surface area contributed by atoms with E-state index in [1.807, 2.05) is 27.7 Å². The lowest BCUT2D eigenvalue weighted by atomic mass is 9.85. The third-order valence-electron chi connectivity index (χ3n) is 2.62. The summed E-state index contributed by atoms with van der Waals surface area (Å²) in [6, 6.07) is 0. The molecule has 0 saturated carbocycles. The topological polar surface area (TPSA) is 74.6 Å². The van der Waals surface area contributed by atoms with Crippen LogP contribution in [0.4, 0.5) is 0 Å². The summed E-state index contributed by atoms with van der Waals surface area (Å²) in [5, 5.41) is 18.4. The van der Waals surface area contributed by atoms with E-state index < -0.39 is 11.9 Å². The van der Waals surface area contributed by atoms with Gasteiger partial charge in [0.15, 0.2) is 0 Å². The van der Waals surface area contributed by atoms with Gasteiger partial charge in [-0.05, 0) is 24.7 Å². The summed E-state index contributed by atoms with van der Waals surface area (Å²) in [6.45, 7) is 7.74. The zero-order chi connectivity index (χ0) is 14.3. The third-order valence-corrected chi connectivity index (χ3v) is 2.62. The minimum Gasteiger partial charge on any atom is -0.478 e. The van der Waals surface area contributed by atoms with Crippen LogP contribution in [0.3, 0.4) is 0 Å². The molecule has 0 aliphatic heterocycles. The predicted octanol–water partition coefficient (Wildman–Crippen LogP) is 3.47. The number of carbonyl (C=O) groups is 2. The molecule has 0 rings (SSSR count). The molecule has 0 aliphatic carbocycles. The van der Waals surface area contributed by atoms with Crippen LogP contribution >= 0.6 is 0 Å². The predicted molar refractivity (Wildman–Crippen MR) is 70.5 cm³/mol. The van der Waals surface area contributed by atoms with Gasteiger partial charge in [0, 0.05) is 11.1 Å². The smallest absolute Gasteiger partial charge is 0.332 e. The van der Waals surface area contributed by atoms with Gasteiger partial charge in [0.1, 0.15) is 0 Å². The molecule has 0 aromatic heterocycles. The summed E-state index contributed by atoms with van der Waals surface area (Å²) in [4.78, 5) is 22.4. The van der Waals surface area contributed by atoms with E-state index in [2.05, 4.69) is 0 Å². The Morgan fingerprint density at radius 2 is 1.44 bits per heavy atom. The summed E-state index contributed by atoms with van der Waals surface area (Å²) < 4.78 is 0. The Morgan fingerprint density at radius 3 is 1.78 bits per heavy atom. The number of hydrogen-bond acceptors (Lipinski definition) is 2. The fraction of sp³-hybridized carbons (Fsp3) is 0.714. The molecule has 2 N–H and O–H groups in total. The standard InChI is InChI=1S/C14H24O4/c1-5-6-7-8-10(12(15)16)11(13(17)18)9-14(2,3)4/h5-9H2,1-4H3,(H,15,16)(H,17,18). The van der Waals surface area contributed by atoms with E-state index in [1.54, 1.807) is 0 Å². The van der Waals surface area contributed by atoms with Crippen molar-refractivity contribution in [3.63, 3.8) is 0 Å². The number of carboxylic acid groups (broad SMARTS) is 2. The molecular weight excluding hydrogens is 232 g/mol. The zero-order valence-corrected chi connectivity index (χ0v) is 11.7. The second kappa shape index (κ2) is 7.19. The highest BCUT2D eigenvalue weighted by molar-refractivity contribution is 5.98. The summed E-state index contributed by atoms with van der Waals surface area (Å²) >= 11 is 0. The van der Waals surface area contributed by atoms with Crippen LogP contribution in [0.25, 0.3) is 0 Å². The molecule has 0 heterocycles. The van der Waals surface area contributed by atoms with Gasteiger partial charge >= 0.3 is 11.9 Å². The first-order valence-electron chi connectivity index (χ1n) is 6.37. The number of hydrogen-bond donors (Lipinski definition) is 2. The van der Waals surface area contributed by atoms with Crippen LogP contribution in [0, 0.1) is 5.41 Å². The van der Waals surface area contributed by atoms with Gasteiger partial charge in [-0.3, -0.25) is 0 Å². The van der Waals surface area contributed by atoms with Crippen molar-refractivity contribution in [1.82, 2.24) is 0 Å². The van der Waals surface area contributed by atoms with Crippen molar-refractivity contribution in [3.05, 3.63) is 11.1 Å². The van der Waals surface area contributed by atoms with Crippen molar-refractivity contribution in [2.75, 3.05) is 0 Å². The Labute approximate surface area is 109 Å². The van der Waals surface area contributed by atoms with Crippen LogP contribution in [0.5, 0.6) is 0 Å². The second-order valence-electron chi connectivity index (χ2n) is 5.76. The van der Waals surface area contributed by atoms with E-state index in [1.165, 1.54) is 0 Å². The SMILES string of the molecule is CCCCCC(C(=O)O)=C(CC(C)(C)C)C(=O)O. The summed E-state index contributed by atoms with van der Waals surface area (Å²) in [5.41, 5.74) is -0.129. The molecule has 0 unspecified atom stereocenters. The molecule has 0 aromatic carbocycles. The maximum Gasteiger partial charge on any atom is 0.332 e. The molecule has 0 radical (unpaired) electrons. The van der Waals surface area contributed by atoms with E-state index in [0.717, 1.165) is 19.3 Å². The maximum absolute atomic E-state index is 11.2. The van der Waals surface area contributed by atoms with E-state index in [0.29, 0.717) is 6.42 Å². The van der Waals surface area contributed by atoms with Crippen molar-refractivity contribution in [3.8, 4) is 0 Å². The third kappa shape index (κ3) is 6.42. The lowest BCUT2D eigenvalue weighted by Gasteiger charge is -2.20. The first-order chi connectivity index (χ1) is 8.19. The highest BCUT2D eigenvalue weighted by Crippen LogP contribution is 2.28. The van der Waals surface area contributed by atoms with Gasteiger partial charge in [-0.1, -0.05) is 40.5 Å². The normalized spacial score (nSPS) is 13.1. The van der Waals surface area contributed by atoms with Crippen molar-refractivity contribution in [2.45, 2.75) is 59.8 Å². The lowest BCUT2D eigenvalue weighted by molar-refractivity contribution is -0.136. The molecule has 0 bridgehead atoms. The van der Waals surface area contributed by atoms with E-state index in [-0.39, 0.29) is 23.0 Å². The fourth-order valence-electron chi connectivity index (χ4n) is 1.78.